The van der Waals surface area contributed by atoms with Crippen LogP contribution in [0.1, 0.15) is 23.1 Å². The minimum atomic E-state index is -1.40. The van der Waals surface area contributed by atoms with Gasteiger partial charge in [0.05, 0.1) is 0 Å². The van der Waals surface area contributed by atoms with Crippen molar-refractivity contribution in [3.8, 4) is 11.6 Å². The molecule has 0 fully saturated rings. The molecule has 3 aromatic rings. The number of nitrogens with zero attached hydrogens (tertiary/aromatic N) is 2. The number of hydrogen-bond donors (Lipinski definition) is 1. The zero-order valence-corrected chi connectivity index (χ0v) is 18.4. The Morgan fingerprint density at radius 2 is 1.91 bits per heavy atom. The Kier molecular flexibility index (Phi) is 6.67. The molecule has 0 atom stereocenters. The van der Waals surface area contributed by atoms with Gasteiger partial charge >= 0.3 is 6.16 Å². The fourth-order valence-corrected chi connectivity index (χ4v) is 4.06. The molecule has 0 radical (unpaired) electrons. The monoisotopic (exact) mass is 476 g/mol. The van der Waals surface area contributed by atoms with Crippen LogP contribution in [0.15, 0.2) is 48.7 Å². The molecule has 9 heteroatoms. The average Bonchev–Trinajstić information content (AvgIpc) is 2.74. The highest BCUT2D eigenvalue weighted by atomic mass is 35.5. The number of anilines is 1. The third-order valence-electron chi connectivity index (χ3n) is 5.15. The lowest BCUT2D eigenvalue weighted by atomic mass is 10.0. The maximum atomic E-state index is 14.1. The lowest BCUT2D eigenvalue weighted by molar-refractivity contribution is 0.142. The van der Waals surface area contributed by atoms with E-state index in [-0.39, 0.29) is 12.5 Å². The topological polar surface area (TPSA) is 71.9 Å². The second-order valence-electron chi connectivity index (χ2n) is 7.28. The number of aromatic nitrogens is 1. The highest BCUT2D eigenvalue weighted by Gasteiger charge is 2.23. The SMILES string of the molecule is O=C(O)Oc1nccc2c1CCCN2Cc1cc(Cl)ccc1OCc1ccc(Cl)cc1F. The molecular formula is C23H19Cl2FN2O4. The normalized spacial score (nSPS) is 12.9. The second-order valence-corrected chi connectivity index (χ2v) is 8.16. The standard InChI is InChI=1S/C23H19Cl2FN2O4/c24-16-5-6-21(31-13-14-3-4-17(25)11-19(14)26)15(10-16)12-28-9-1-2-18-20(28)7-8-27-22(18)32-23(29)30/h3-8,10-11H,1-2,9,12-13H2,(H,29,30). The van der Waals surface area contributed by atoms with E-state index < -0.39 is 12.0 Å². The van der Waals surface area contributed by atoms with Gasteiger partial charge in [-0.05, 0) is 49.2 Å². The number of hydrogen-bond acceptors (Lipinski definition) is 5. The van der Waals surface area contributed by atoms with Crippen molar-refractivity contribution in [3.63, 3.8) is 0 Å². The van der Waals surface area contributed by atoms with Crippen LogP contribution in [-0.2, 0) is 19.6 Å². The van der Waals surface area contributed by atoms with Gasteiger partial charge in [-0.3, -0.25) is 0 Å². The van der Waals surface area contributed by atoms with Crippen molar-refractivity contribution in [2.24, 2.45) is 0 Å². The van der Waals surface area contributed by atoms with Gasteiger partial charge < -0.3 is 19.5 Å². The van der Waals surface area contributed by atoms with Gasteiger partial charge in [0.2, 0.25) is 5.88 Å². The summed E-state index contributed by atoms with van der Waals surface area (Å²) >= 11 is 12.1. The van der Waals surface area contributed by atoms with Gasteiger partial charge in [0.1, 0.15) is 18.2 Å². The number of ether oxygens (including phenoxy) is 2. The van der Waals surface area contributed by atoms with Crippen molar-refractivity contribution in [1.82, 2.24) is 4.98 Å². The van der Waals surface area contributed by atoms with E-state index in [1.54, 1.807) is 30.3 Å². The van der Waals surface area contributed by atoms with Crippen molar-refractivity contribution >= 4 is 35.0 Å². The van der Waals surface area contributed by atoms with Crippen LogP contribution in [0.5, 0.6) is 11.6 Å². The Hall–Kier alpha value is -3.03. The molecule has 0 amide bonds. The molecule has 0 unspecified atom stereocenters. The first kappa shape index (κ1) is 22.2. The third kappa shape index (κ3) is 5.06. The second kappa shape index (κ2) is 9.63. The molecule has 0 spiro atoms. The molecule has 32 heavy (non-hydrogen) atoms. The van der Waals surface area contributed by atoms with Crippen LogP contribution in [0, 0.1) is 5.82 Å². The predicted octanol–water partition coefficient (Wildman–Crippen LogP) is 6.12. The first-order valence-corrected chi connectivity index (χ1v) is 10.6. The molecule has 1 aromatic heterocycles. The van der Waals surface area contributed by atoms with Crippen molar-refractivity contribution in [1.29, 1.82) is 0 Å². The van der Waals surface area contributed by atoms with Crippen LogP contribution in [0.25, 0.3) is 0 Å². The number of pyridine rings is 1. The zero-order chi connectivity index (χ0) is 22.7. The molecule has 1 aliphatic heterocycles. The van der Waals surface area contributed by atoms with E-state index in [2.05, 4.69) is 9.88 Å². The summed E-state index contributed by atoms with van der Waals surface area (Å²) in [5, 5.41) is 9.85. The Balaban J connectivity index is 1.58. The van der Waals surface area contributed by atoms with E-state index in [4.69, 9.17) is 37.8 Å². The minimum absolute atomic E-state index is 0.0364. The Bertz CT molecular complexity index is 1160. The van der Waals surface area contributed by atoms with Crippen LogP contribution in [0.2, 0.25) is 10.0 Å². The highest BCUT2D eigenvalue weighted by Crippen LogP contribution is 2.35. The van der Waals surface area contributed by atoms with Gasteiger partial charge in [-0.1, -0.05) is 29.3 Å². The highest BCUT2D eigenvalue weighted by molar-refractivity contribution is 6.30. The molecule has 0 aliphatic carbocycles. The summed E-state index contributed by atoms with van der Waals surface area (Å²) in [6.45, 7) is 1.25. The van der Waals surface area contributed by atoms with E-state index in [9.17, 15) is 9.18 Å². The smallest absolute Gasteiger partial charge is 0.488 e. The number of halogens is 3. The predicted molar refractivity (Wildman–Crippen MR) is 119 cm³/mol. The van der Waals surface area contributed by atoms with Crippen molar-refractivity contribution in [3.05, 3.63) is 81.2 Å². The van der Waals surface area contributed by atoms with Crippen LogP contribution < -0.4 is 14.4 Å². The Morgan fingerprint density at radius 1 is 1.12 bits per heavy atom. The summed E-state index contributed by atoms with van der Waals surface area (Å²) in [7, 11) is 0. The molecular weight excluding hydrogens is 458 g/mol. The molecule has 0 bridgehead atoms. The van der Waals surface area contributed by atoms with Gasteiger partial charge in [0.15, 0.2) is 0 Å². The van der Waals surface area contributed by atoms with E-state index in [0.29, 0.717) is 34.3 Å². The first-order valence-electron chi connectivity index (χ1n) is 9.89. The Labute approximate surface area is 194 Å². The summed E-state index contributed by atoms with van der Waals surface area (Å²) in [5.41, 5.74) is 2.79. The van der Waals surface area contributed by atoms with Gasteiger partial charge in [0.25, 0.3) is 0 Å². The lowest BCUT2D eigenvalue weighted by Gasteiger charge is -2.32. The third-order valence-corrected chi connectivity index (χ3v) is 5.62. The molecule has 2 aromatic carbocycles. The fourth-order valence-electron chi connectivity index (χ4n) is 3.71. The fraction of sp³-hybridized carbons (Fsp3) is 0.217. The van der Waals surface area contributed by atoms with Crippen LogP contribution in [0.4, 0.5) is 14.9 Å². The van der Waals surface area contributed by atoms with Crippen molar-refractivity contribution < 1.29 is 23.8 Å². The quantitative estimate of drug-likeness (QED) is 0.432. The van der Waals surface area contributed by atoms with Crippen LogP contribution in [0.3, 0.4) is 0 Å². The van der Waals surface area contributed by atoms with E-state index in [1.807, 2.05) is 6.07 Å². The average molecular weight is 477 g/mol. The summed E-state index contributed by atoms with van der Waals surface area (Å²) in [4.78, 5) is 17.2. The van der Waals surface area contributed by atoms with E-state index in [0.717, 1.165) is 29.8 Å². The van der Waals surface area contributed by atoms with Crippen LogP contribution in [-0.4, -0.2) is 22.8 Å². The first-order chi connectivity index (χ1) is 15.4. The van der Waals surface area contributed by atoms with E-state index >= 15 is 0 Å². The summed E-state index contributed by atoms with van der Waals surface area (Å²) in [5.74, 6) is 0.240. The van der Waals surface area contributed by atoms with Gasteiger partial charge in [-0.25, -0.2) is 14.2 Å². The van der Waals surface area contributed by atoms with Crippen molar-refractivity contribution in [2.45, 2.75) is 26.0 Å². The lowest BCUT2D eigenvalue weighted by Crippen LogP contribution is -2.29. The maximum Gasteiger partial charge on any atom is 0.512 e. The van der Waals surface area contributed by atoms with Gasteiger partial charge in [0, 0.05) is 51.7 Å². The Morgan fingerprint density at radius 3 is 2.69 bits per heavy atom. The molecule has 0 saturated carbocycles. The van der Waals surface area contributed by atoms with Gasteiger partial charge in [-0.2, -0.15) is 0 Å². The molecule has 1 aliphatic rings. The minimum Gasteiger partial charge on any atom is -0.488 e. The molecule has 6 nitrogen and oxygen atoms in total. The number of benzene rings is 2. The number of carboxylic acid groups (broad SMARTS) is 1. The van der Waals surface area contributed by atoms with Gasteiger partial charge in [-0.15, -0.1) is 0 Å². The summed E-state index contributed by atoms with van der Waals surface area (Å²) < 4.78 is 24.9. The molecule has 1 N–H and O–H groups in total. The largest absolute Gasteiger partial charge is 0.512 e. The molecule has 0 saturated heterocycles. The number of fused-ring (bicyclic) bond motifs is 1. The zero-order valence-electron chi connectivity index (χ0n) is 16.9. The van der Waals surface area contributed by atoms with Crippen LogP contribution >= 0.6 is 23.2 Å². The van der Waals surface area contributed by atoms with Crippen molar-refractivity contribution in [2.75, 3.05) is 11.4 Å². The number of carbonyl (C=O) groups is 1. The summed E-state index contributed by atoms with van der Waals surface area (Å²) in [6, 6.07) is 11.6. The number of rotatable bonds is 6. The van der Waals surface area contributed by atoms with E-state index in [1.165, 1.54) is 12.3 Å². The maximum absolute atomic E-state index is 14.1. The summed E-state index contributed by atoms with van der Waals surface area (Å²) in [6.07, 6.45) is 1.59. The molecule has 4 rings (SSSR count). The molecule has 2 heterocycles. The molecule has 166 valence electrons.